The minimum atomic E-state index is 0.445. The van der Waals surface area contributed by atoms with Crippen LogP contribution < -0.4 is 4.90 Å². The van der Waals surface area contributed by atoms with Gasteiger partial charge in [0.05, 0.1) is 0 Å². The zero-order valence-corrected chi connectivity index (χ0v) is 16.1. The Balaban J connectivity index is 1.85. The number of piperazine rings is 1. The molecule has 0 spiro atoms. The summed E-state index contributed by atoms with van der Waals surface area (Å²) in [6, 6.07) is 9.29. The van der Waals surface area contributed by atoms with Crippen LogP contribution >= 0.6 is 0 Å². The molecule has 0 bridgehead atoms. The largest absolute Gasteiger partial charge is 0.369 e. The second kappa shape index (κ2) is 7.70. The molecular weight excluding hydrogens is 280 g/mol. The summed E-state index contributed by atoms with van der Waals surface area (Å²) in [5.74, 6) is 1.34. The van der Waals surface area contributed by atoms with Gasteiger partial charge in [-0.1, -0.05) is 53.7 Å². The molecular formula is C21H36N2. The van der Waals surface area contributed by atoms with E-state index in [0.717, 1.165) is 13.1 Å². The minimum absolute atomic E-state index is 0.445. The lowest BCUT2D eigenvalue weighted by Gasteiger charge is -2.37. The summed E-state index contributed by atoms with van der Waals surface area (Å²) in [6.07, 6.45) is 1.29. The molecule has 2 nitrogen and oxygen atoms in total. The molecule has 1 atom stereocenters. The van der Waals surface area contributed by atoms with E-state index in [-0.39, 0.29) is 0 Å². The van der Waals surface area contributed by atoms with Gasteiger partial charge >= 0.3 is 0 Å². The van der Waals surface area contributed by atoms with Crippen molar-refractivity contribution in [3.05, 3.63) is 29.8 Å². The Kier molecular flexibility index (Phi) is 6.13. The fourth-order valence-electron chi connectivity index (χ4n) is 3.10. The van der Waals surface area contributed by atoms with Crippen LogP contribution in [0.4, 0.5) is 5.69 Å². The minimum Gasteiger partial charge on any atom is -0.369 e. The van der Waals surface area contributed by atoms with Gasteiger partial charge in [-0.3, -0.25) is 4.90 Å². The molecule has 130 valence electrons. The topological polar surface area (TPSA) is 6.48 Å². The molecule has 0 aromatic heterocycles. The normalized spacial score (nSPS) is 18.5. The lowest BCUT2D eigenvalue weighted by atomic mass is 9.90. The van der Waals surface area contributed by atoms with E-state index in [4.69, 9.17) is 0 Å². The standard InChI is InChI=1S/C21H36N2/c1-17(2)18(3)19-7-9-20(10-8-19)23-15-13-22(14-16-23)12-11-21(4,5)6/h7-10,17-18H,11-16H2,1-6H3. The highest BCUT2D eigenvalue weighted by Gasteiger charge is 2.19. The van der Waals surface area contributed by atoms with E-state index in [2.05, 4.69) is 75.6 Å². The highest BCUT2D eigenvalue weighted by molar-refractivity contribution is 5.48. The van der Waals surface area contributed by atoms with Crippen LogP contribution in [0.1, 0.15) is 59.4 Å². The Hall–Kier alpha value is -1.02. The van der Waals surface area contributed by atoms with Crippen molar-refractivity contribution in [2.45, 2.75) is 53.9 Å². The SMILES string of the molecule is CC(C)C(C)c1ccc(N2CCN(CCC(C)(C)C)CC2)cc1. The first-order valence-electron chi connectivity index (χ1n) is 9.33. The Labute approximate surface area is 143 Å². The predicted octanol–water partition coefficient (Wildman–Crippen LogP) is 5.00. The van der Waals surface area contributed by atoms with Crippen LogP contribution in [0.15, 0.2) is 24.3 Å². The Morgan fingerprint density at radius 2 is 1.48 bits per heavy atom. The van der Waals surface area contributed by atoms with Crippen LogP contribution in [-0.4, -0.2) is 37.6 Å². The maximum atomic E-state index is 2.62. The van der Waals surface area contributed by atoms with Gasteiger partial charge in [0.1, 0.15) is 0 Å². The molecule has 1 aromatic carbocycles. The van der Waals surface area contributed by atoms with Gasteiger partial charge < -0.3 is 4.90 Å². The van der Waals surface area contributed by atoms with Gasteiger partial charge in [0.25, 0.3) is 0 Å². The van der Waals surface area contributed by atoms with Crippen molar-refractivity contribution in [3.8, 4) is 0 Å². The molecule has 2 rings (SSSR count). The van der Waals surface area contributed by atoms with Crippen LogP contribution in [0.2, 0.25) is 0 Å². The third-order valence-corrected chi connectivity index (χ3v) is 5.33. The molecule has 1 aromatic rings. The van der Waals surface area contributed by atoms with Crippen molar-refractivity contribution >= 4 is 5.69 Å². The van der Waals surface area contributed by atoms with Gasteiger partial charge in [-0.05, 0) is 47.9 Å². The maximum Gasteiger partial charge on any atom is 0.0367 e. The second-order valence-corrected chi connectivity index (χ2v) is 8.76. The Morgan fingerprint density at radius 1 is 0.913 bits per heavy atom. The zero-order valence-electron chi connectivity index (χ0n) is 16.1. The van der Waals surface area contributed by atoms with Gasteiger partial charge in [0, 0.05) is 31.9 Å². The van der Waals surface area contributed by atoms with Crippen LogP contribution in [-0.2, 0) is 0 Å². The van der Waals surface area contributed by atoms with E-state index >= 15 is 0 Å². The van der Waals surface area contributed by atoms with Crippen molar-refractivity contribution in [3.63, 3.8) is 0 Å². The summed E-state index contributed by atoms with van der Waals surface area (Å²) in [6.45, 7) is 19.9. The Bertz CT molecular complexity index is 462. The summed E-state index contributed by atoms with van der Waals surface area (Å²) in [4.78, 5) is 5.16. The van der Waals surface area contributed by atoms with Crippen LogP contribution in [0.3, 0.4) is 0 Å². The first kappa shape index (κ1) is 18.3. The van der Waals surface area contributed by atoms with Crippen molar-refractivity contribution in [2.75, 3.05) is 37.6 Å². The lowest BCUT2D eigenvalue weighted by Crippen LogP contribution is -2.47. The second-order valence-electron chi connectivity index (χ2n) is 8.76. The third kappa shape index (κ3) is 5.53. The summed E-state index contributed by atoms with van der Waals surface area (Å²) < 4.78 is 0. The number of hydrogen-bond donors (Lipinski definition) is 0. The molecule has 1 saturated heterocycles. The fraction of sp³-hybridized carbons (Fsp3) is 0.714. The molecule has 1 heterocycles. The summed E-state index contributed by atoms with van der Waals surface area (Å²) in [7, 11) is 0. The van der Waals surface area contributed by atoms with Gasteiger partial charge in [0.15, 0.2) is 0 Å². The summed E-state index contributed by atoms with van der Waals surface area (Å²) >= 11 is 0. The average molecular weight is 317 g/mol. The predicted molar refractivity (Wildman–Crippen MR) is 102 cm³/mol. The molecule has 1 aliphatic heterocycles. The van der Waals surface area contributed by atoms with Gasteiger partial charge in [-0.2, -0.15) is 0 Å². The molecule has 2 heteroatoms. The number of nitrogens with zero attached hydrogens (tertiary/aromatic N) is 2. The van der Waals surface area contributed by atoms with E-state index in [9.17, 15) is 0 Å². The van der Waals surface area contributed by atoms with E-state index in [1.54, 1.807) is 0 Å². The third-order valence-electron chi connectivity index (χ3n) is 5.33. The molecule has 0 saturated carbocycles. The highest BCUT2D eigenvalue weighted by atomic mass is 15.3. The highest BCUT2D eigenvalue weighted by Crippen LogP contribution is 2.26. The quantitative estimate of drug-likeness (QED) is 0.754. The number of hydrogen-bond acceptors (Lipinski definition) is 2. The van der Waals surface area contributed by atoms with Crippen molar-refractivity contribution in [1.29, 1.82) is 0 Å². The van der Waals surface area contributed by atoms with E-state index in [1.807, 2.05) is 0 Å². The molecule has 1 unspecified atom stereocenters. The molecule has 1 aliphatic rings. The summed E-state index contributed by atoms with van der Waals surface area (Å²) in [5.41, 5.74) is 3.30. The van der Waals surface area contributed by atoms with Crippen molar-refractivity contribution < 1.29 is 0 Å². The zero-order chi connectivity index (χ0) is 17.0. The number of benzene rings is 1. The van der Waals surface area contributed by atoms with Crippen molar-refractivity contribution in [2.24, 2.45) is 11.3 Å². The monoisotopic (exact) mass is 316 g/mol. The van der Waals surface area contributed by atoms with Gasteiger partial charge in [-0.15, -0.1) is 0 Å². The van der Waals surface area contributed by atoms with E-state index < -0.39 is 0 Å². The molecule has 0 N–H and O–H groups in total. The fourth-order valence-corrected chi connectivity index (χ4v) is 3.10. The molecule has 0 radical (unpaired) electrons. The molecule has 0 aliphatic carbocycles. The van der Waals surface area contributed by atoms with E-state index in [1.165, 1.54) is 37.3 Å². The Morgan fingerprint density at radius 3 is 1.96 bits per heavy atom. The molecule has 23 heavy (non-hydrogen) atoms. The number of rotatable bonds is 5. The molecule has 1 fully saturated rings. The lowest BCUT2D eigenvalue weighted by molar-refractivity contribution is 0.217. The van der Waals surface area contributed by atoms with Crippen LogP contribution in [0.5, 0.6) is 0 Å². The average Bonchev–Trinajstić information content (AvgIpc) is 2.52. The first-order valence-corrected chi connectivity index (χ1v) is 9.33. The smallest absolute Gasteiger partial charge is 0.0367 e. The van der Waals surface area contributed by atoms with Crippen molar-refractivity contribution in [1.82, 2.24) is 4.90 Å². The number of anilines is 1. The van der Waals surface area contributed by atoms with Crippen LogP contribution in [0.25, 0.3) is 0 Å². The van der Waals surface area contributed by atoms with Gasteiger partial charge in [0.2, 0.25) is 0 Å². The molecule has 0 amide bonds. The van der Waals surface area contributed by atoms with Gasteiger partial charge in [-0.25, -0.2) is 0 Å². The van der Waals surface area contributed by atoms with E-state index in [0.29, 0.717) is 17.3 Å². The van der Waals surface area contributed by atoms with Crippen LogP contribution in [0, 0.1) is 11.3 Å². The maximum absolute atomic E-state index is 2.62. The first-order chi connectivity index (χ1) is 10.8. The summed E-state index contributed by atoms with van der Waals surface area (Å²) in [5, 5.41) is 0.